The van der Waals surface area contributed by atoms with E-state index < -0.39 is 0 Å². The molecule has 2 aromatic rings. The van der Waals surface area contributed by atoms with Crippen molar-refractivity contribution < 1.29 is 0 Å². The zero-order valence-electron chi connectivity index (χ0n) is 8.84. The van der Waals surface area contributed by atoms with Gasteiger partial charge < -0.3 is 11.1 Å². The minimum atomic E-state index is 0.267. The van der Waals surface area contributed by atoms with Crippen molar-refractivity contribution >= 4 is 23.0 Å². The molecule has 0 radical (unpaired) electrons. The summed E-state index contributed by atoms with van der Waals surface area (Å²) < 4.78 is 1.77. The average molecular weight is 232 g/mol. The van der Waals surface area contributed by atoms with Crippen LogP contribution in [0.4, 0.5) is 5.69 Å². The minimum absolute atomic E-state index is 0.267. The Hall–Kier alpha value is -1.88. The molecule has 0 aliphatic rings. The lowest BCUT2D eigenvalue weighted by molar-refractivity contribution is 0.768. The zero-order chi connectivity index (χ0) is 11.5. The minimum Gasteiger partial charge on any atom is -0.376 e. The van der Waals surface area contributed by atoms with Crippen LogP contribution in [0.15, 0.2) is 36.7 Å². The summed E-state index contributed by atoms with van der Waals surface area (Å²) in [6, 6.07) is 7.86. The van der Waals surface area contributed by atoms with Gasteiger partial charge in [-0.05, 0) is 29.9 Å². The highest BCUT2D eigenvalue weighted by molar-refractivity contribution is 7.80. The van der Waals surface area contributed by atoms with Crippen molar-refractivity contribution in [2.75, 3.05) is 5.32 Å². The number of nitrogens with two attached hydrogens (primary N) is 1. The molecule has 4 nitrogen and oxygen atoms in total. The molecule has 5 heteroatoms. The van der Waals surface area contributed by atoms with Crippen LogP contribution in [0.3, 0.4) is 0 Å². The molecule has 0 aliphatic heterocycles. The largest absolute Gasteiger partial charge is 0.376 e. The van der Waals surface area contributed by atoms with Crippen molar-refractivity contribution in [3.05, 3.63) is 36.7 Å². The highest BCUT2D eigenvalue weighted by Gasteiger charge is 2.01. The Balaban J connectivity index is 2.32. The maximum absolute atomic E-state index is 5.42. The van der Waals surface area contributed by atoms with Gasteiger partial charge in [0.1, 0.15) is 0 Å². The fourth-order valence-electron chi connectivity index (χ4n) is 1.49. The molecule has 0 fully saturated rings. The summed E-state index contributed by atoms with van der Waals surface area (Å²) in [7, 11) is 1.89. The van der Waals surface area contributed by atoms with Crippen LogP contribution in [0.1, 0.15) is 0 Å². The Labute approximate surface area is 99.1 Å². The van der Waals surface area contributed by atoms with Gasteiger partial charge in [0.25, 0.3) is 0 Å². The van der Waals surface area contributed by atoms with Crippen molar-refractivity contribution in [3.8, 4) is 11.1 Å². The first kappa shape index (κ1) is 10.6. The van der Waals surface area contributed by atoms with Gasteiger partial charge in [-0.2, -0.15) is 5.10 Å². The fraction of sp³-hybridized carbons (Fsp3) is 0.0909. The lowest BCUT2D eigenvalue weighted by Gasteiger charge is -2.05. The first-order valence-electron chi connectivity index (χ1n) is 4.81. The molecule has 0 saturated carbocycles. The van der Waals surface area contributed by atoms with Crippen LogP contribution in [0.25, 0.3) is 11.1 Å². The number of anilines is 1. The number of nitrogens with one attached hydrogen (secondary N) is 1. The predicted molar refractivity (Wildman–Crippen MR) is 69.1 cm³/mol. The number of hydrogen-bond donors (Lipinski definition) is 2. The number of aromatic nitrogens is 2. The van der Waals surface area contributed by atoms with E-state index in [9.17, 15) is 0 Å². The Kier molecular flexibility index (Phi) is 2.87. The molecule has 1 aromatic heterocycles. The molecule has 0 spiro atoms. The maximum Gasteiger partial charge on any atom is 0.168 e. The van der Waals surface area contributed by atoms with Crippen LogP contribution in [-0.4, -0.2) is 14.9 Å². The molecule has 0 bridgehead atoms. The lowest BCUT2D eigenvalue weighted by atomic mass is 10.1. The van der Waals surface area contributed by atoms with Crippen molar-refractivity contribution in [3.63, 3.8) is 0 Å². The highest BCUT2D eigenvalue weighted by atomic mass is 32.1. The number of nitrogens with zero attached hydrogens (tertiary/aromatic N) is 2. The Bertz CT molecular complexity index is 518. The smallest absolute Gasteiger partial charge is 0.168 e. The quantitative estimate of drug-likeness (QED) is 0.774. The molecule has 0 saturated heterocycles. The second-order valence-corrected chi connectivity index (χ2v) is 3.91. The van der Waals surface area contributed by atoms with Crippen LogP contribution in [-0.2, 0) is 7.05 Å². The fourth-order valence-corrected chi connectivity index (χ4v) is 1.61. The molecule has 1 aromatic carbocycles. The van der Waals surface area contributed by atoms with E-state index >= 15 is 0 Å². The van der Waals surface area contributed by atoms with Crippen molar-refractivity contribution in [1.82, 2.24) is 9.78 Å². The second kappa shape index (κ2) is 4.32. The third-order valence-electron chi connectivity index (χ3n) is 2.17. The topological polar surface area (TPSA) is 55.9 Å². The van der Waals surface area contributed by atoms with Crippen LogP contribution >= 0.6 is 12.2 Å². The van der Waals surface area contributed by atoms with Gasteiger partial charge in [0.05, 0.1) is 6.20 Å². The second-order valence-electron chi connectivity index (χ2n) is 3.47. The number of rotatable bonds is 2. The van der Waals surface area contributed by atoms with Gasteiger partial charge in [-0.3, -0.25) is 4.68 Å². The standard InChI is InChI=1S/C11H12N4S/c1-15-7-9(6-13-15)8-3-2-4-10(5-8)14-11(12)16/h2-7H,1H3,(H3,12,14,16). The Morgan fingerprint density at radius 2 is 2.25 bits per heavy atom. The van der Waals surface area contributed by atoms with Gasteiger partial charge in [0, 0.05) is 24.5 Å². The van der Waals surface area contributed by atoms with Crippen molar-refractivity contribution in [2.45, 2.75) is 0 Å². The summed E-state index contributed by atoms with van der Waals surface area (Å²) in [6.07, 6.45) is 3.78. The summed E-state index contributed by atoms with van der Waals surface area (Å²) in [5.41, 5.74) is 8.45. The van der Waals surface area contributed by atoms with E-state index in [1.165, 1.54) is 0 Å². The average Bonchev–Trinajstić information content (AvgIpc) is 2.64. The van der Waals surface area contributed by atoms with Gasteiger partial charge in [-0.25, -0.2) is 0 Å². The Morgan fingerprint density at radius 1 is 1.44 bits per heavy atom. The normalized spacial score (nSPS) is 10.1. The molecule has 16 heavy (non-hydrogen) atoms. The van der Waals surface area contributed by atoms with Gasteiger partial charge in [-0.1, -0.05) is 12.1 Å². The molecule has 0 aliphatic carbocycles. The van der Waals surface area contributed by atoms with Crippen molar-refractivity contribution in [2.24, 2.45) is 12.8 Å². The molecule has 2 rings (SSSR count). The number of benzene rings is 1. The van der Waals surface area contributed by atoms with E-state index in [-0.39, 0.29) is 5.11 Å². The van der Waals surface area contributed by atoms with Crippen LogP contribution < -0.4 is 11.1 Å². The first-order chi connectivity index (χ1) is 7.65. The molecule has 1 heterocycles. The van der Waals surface area contributed by atoms with E-state index in [0.29, 0.717) is 0 Å². The summed E-state index contributed by atoms with van der Waals surface area (Å²) in [4.78, 5) is 0. The number of aryl methyl sites for hydroxylation is 1. The highest BCUT2D eigenvalue weighted by Crippen LogP contribution is 2.21. The summed E-state index contributed by atoms with van der Waals surface area (Å²) in [6.45, 7) is 0. The van der Waals surface area contributed by atoms with Crippen LogP contribution in [0.2, 0.25) is 0 Å². The van der Waals surface area contributed by atoms with Gasteiger partial charge in [-0.15, -0.1) is 0 Å². The number of hydrogen-bond acceptors (Lipinski definition) is 2. The van der Waals surface area contributed by atoms with Crippen LogP contribution in [0.5, 0.6) is 0 Å². The van der Waals surface area contributed by atoms with E-state index in [2.05, 4.69) is 10.4 Å². The molecule has 0 amide bonds. The maximum atomic E-state index is 5.42. The summed E-state index contributed by atoms with van der Waals surface area (Å²) in [5, 5.41) is 7.30. The third-order valence-corrected chi connectivity index (χ3v) is 2.27. The van der Waals surface area contributed by atoms with E-state index in [0.717, 1.165) is 16.8 Å². The predicted octanol–water partition coefficient (Wildman–Crippen LogP) is 1.74. The number of thiocarbonyl (C=S) groups is 1. The lowest BCUT2D eigenvalue weighted by Crippen LogP contribution is -2.18. The zero-order valence-corrected chi connectivity index (χ0v) is 9.66. The van der Waals surface area contributed by atoms with Crippen LogP contribution in [0, 0.1) is 0 Å². The molecule has 3 N–H and O–H groups in total. The van der Waals surface area contributed by atoms with Gasteiger partial charge >= 0.3 is 0 Å². The Morgan fingerprint density at radius 3 is 2.88 bits per heavy atom. The molecular formula is C11H12N4S. The third kappa shape index (κ3) is 2.38. The van der Waals surface area contributed by atoms with E-state index in [4.69, 9.17) is 18.0 Å². The monoisotopic (exact) mass is 232 g/mol. The van der Waals surface area contributed by atoms with Gasteiger partial charge in [0.2, 0.25) is 0 Å². The SMILES string of the molecule is Cn1cc(-c2cccc(NC(N)=S)c2)cn1. The van der Waals surface area contributed by atoms with Gasteiger partial charge in [0.15, 0.2) is 5.11 Å². The molecule has 0 unspecified atom stereocenters. The molecule has 82 valence electrons. The van der Waals surface area contributed by atoms with E-state index in [1.54, 1.807) is 4.68 Å². The summed E-state index contributed by atoms with van der Waals surface area (Å²) >= 11 is 4.79. The summed E-state index contributed by atoms with van der Waals surface area (Å²) in [5.74, 6) is 0. The molecule has 0 atom stereocenters. The first-order valence-corrected chi connectivity index (χ1v) is 5.21. The van der Waals surface area contributed by atoms with Crippen molar-refractivity contribution in [1.29, 1.82) is 0 Å². The van der Waals surface area contributed by atoms with E-state index in [1.807, 2.05) is 43.7 Å². The molecular weight excluding hydrogens is 220 g/mol.